The summed E-state index contributed by atoms with van der Waals surface area (Å²) in [6.07, 6.45) is 2.05. The molecule has 2 aromatic heterocycles. The number of alkyl halides is 3. The fourth-order valence-electron chi connectivity index (χ4n) is 3.93. The predicted molar refractivity (Wildman–Crippen MR) is 109 cm³/mol. The number of carbonyl (C=O) groups is 2. The normalized spacial score (nSPS) is 21.0. The van der Waals surface area contributed by atoms with E-state index in [1.807, 2.05) is 36.8 Å². The number of carbonyl (C=O) groups excluding carboxylic acids is 1. The first-order chi connectivity index (χ1) is 14.6. The van der Waals surface area contributed by atoms with Gasteiger partial charge in [-0.2, -0.15) is 13.2 Å². The molecule has 1 atom stereocenters. The van der Waals surface area contributed by atoms with E-state index in [4.69, 9.17) is 9.90 Å². The molecule has 2 aliphatic rings. The molecule has 11 heteroatoms. The molecule has 0 saturated carbocycles. The van der Waals surface area contributed by atoms with Gasteiger partial charge in [-0.1, -0.05) is 6.07 Å². The monoisotopic (exact) mass is 456 g/mol. The number of hydrogen-bond acceptors (Lipinski definition) is 6. The maximum absolute atomic E-state index is 12.7. The third-order valence-corrected chi connectivity index (χ3v) is 6.27. The van der Waals surface area contributed by atoms with Crippen molar-refractivity contribution in [2.45, 2.75) is 32.4 Å². The molecule has 0 aliphatic carbocycles. The average Bonchev–Trinajstić information content (AvgIpc) is 3.39. The molecule has 31 heavy (non-hydrogen) atoms. The number of aryl methyl sites for hydroxylation is 1. The molecule has 0 radical (unpaired) electrons. The highest BCUT2D eigenvalue weighted by Gasteiger charge is 2.43. The van der Waals surface area contributed by atoms with Gasteiger partial charge in [-0.3, -0.25) is 4.79 Å². The van der Waals surface area contributed by atoms with Gasteiger partial charge in [0.1, 0.15) is 0 Å². The van der Waals surface area contributed by atoms with Crippen LogP contribution < -0.4 is 4.90 Å². The lowest BCUT2D eigenvalue weighted by atomic mass is 9.79. The number of carboxylic acid groups (broad SMARTS) is 1. The Hall–Kier alpha value is -2.69. The second-order valence-corrected chi connectivity index (χ2v) is 8.79. The molecule has 4 heterocycles. The first-order valence-electron chi connectivity index (χ1n) is 9.76. The zero-order valence-corrected chi connectivity index (χ0v) is 17.7. The predicted octanol–water partition coefficient (Wildman–Crippen LogP) is 3.61. The third kappa shape index (κ3) is 5.72. The van der Waals surface area contributed by atoms with E-state index in [1.165, 1.54) is 17.8 Å². The molecule has 2 fully saturated rings. The van der Waals surface area contributed by atoms with E-state index in [0.717, 1.165) is 55.4 Å². The van der Waals surface area contributed by atoms with Crippen molar-refractivity contribution in [3.63, 3.8) is 0 Å². The molecule has 1 N–H and O–H groups in total. The number of aromatic nitrogens is 2. The van der Waals surface area contributed by atoms with E-state index < -0.39 is 12.1 Å². The van der Waals surface area contributed by atoms with Gasteiger partial charge in [-0.05, 0) is 43.2 Å². The Morgan fingerprint density at radius 1 is 1.16 bits per heavy atom. The maximum atomic E-state index is 12.7. The van der Waals surface area contributed by atoms with Crippen molar-refractivity contribution in [2.24, 2.45) is 5.41 Å². The molecule has 1 amide bonds. The fourth-order valence-corrected chi connectivity index (χ4v) is 4.62. The minimum Gasteiger partial charge on any atom is -0.475 e. The zero-order chi connectivity index (χ0) is 22.6. The largest absolute Gasteiger partial charge is 0.490 e. The summed E-state index contributed by atoms with van der Waals surface area (Å²) in [7, 11) is 0. The molecule has 0 aromatic carbocycles. The summed E-state index contributed by atoms with van der Waals surface area (Å²) < 4.78 is 31.7. The van der Waals surface area contributed by atoms with E-state index in [9.17, 15) is 18.0 Å². The summed E-state index contributed by atoms with van der Waals surface area (Å²) in [6, 6.07) is 3.87. The van der Waals surface area contributed by atoms with Gasteiger partial charge in [0.15, 0.2) is 0 Å². The van der Waals surface area contributed by atoms with Crippen molar-refractivity contribution in [1.29, 1.82) is 0 Å². The van der Waals surface area contributed by atoms with E-state index in [-0.39, 0.29) is 11.3 Å². The number of thiophene rings is 1. The summed E-state index contributed by atoms with van der Waals surface area (Å²) >= 11 is 1.53. The number of piperidine rings is 1. The number of nitrogens with zero attached hydrogens (tertiary/aromatic N) is 4. The molecule has 2 aliphatic heterocycles. The molecule has 7 nitrogen and oxygen atoms in total. The summed E-state index contributed by atoms with van der Waals surface area (Å²) in [4.78, 5) is 35.7. The Kier molecular flexibility index (Phi) is 6.83. The topological polar surface area (TPSA) is 86.6 Å². The molecule has 0 bridgehead atoms. The van der Waals surface area contributed by atoms with E-state index in [2.05, 4.69) is 19.8 Å². The van der Waals surface area contributed by atoms with Crippen LogP contribution in [-0.4, -0.2) is 64.2 Å². The van der Waals surface area contributed by atoms with Crippen LogP contribution in [0, 0.1) is 12.3 Å². The lowest BCUT2D eigenvalue weighted by Gasteiger charge is -2.40. The first-order valence-corrected chi connectivity index (χ1v) is 10.6. The number of aliphatic carboxylic acids is 1. The van der Waals surface area contributed by atoms with Crippen LogP contribution in [0.25, 0.3) is 0 Å². The van der Waals surface area contributed by atoms with Crippen LogP contribution >= 0.6 is 11.3 Å². The van der Waals surface area contributed by atoms with Gasteiger partial charge in [-0.25, -0.2) is 14.8 Å². The van der Waals surface area contributed by atoms with Crippen molar-refractivity contribution in [3.05, 3.63) is 40.3 Å². The maximum Gasteiger partial charge on any atom is 0.490 e. The number of amides is 1. The van der Waals surface area contributed by atoms with Gasteiger partial charge in [0.25, 0.3) is 5.91 Å². The molecule has 168 valence electrons. The smallest absolute Gasteiger partial charge is 0.475 e. The summed E-state index contributed by atoms with van der Waals surface area (Å²) in [5.41, 5.74) is 1.28. The molecule has 2 aromatic rings. The summed E-state index contributed by atoms with van der Waals surface area (Å²) in [5.74, 6) is -1.75. The Bertz CT molecular complexity index is 905. The molecular formula is C20H23F3N4O3S. The van der Waals surface area contributed by atoms with E-state index in [1.54, 1.807) is 0 Å². The lowest BCUT2D eigenvalue weighted by Crippen LogP contribution is -2.47. The van der Waals surface area contributed by atoms with Crippen molar-refractivity contribution in [1.82, 2.24) is 14.9 Å². The van der Waals surface area contributed by atoms with Crippen molar-refractivity contribution in [3.8, 4) is 0 Å². The van der Waals surface area contributed by atoms with Gasteiger partial charge < -0.3 is 14.9 Å². The number of likely N-dealkylation sites (tertiary alicyclic amines) is 1. The lowest BCUT2D eigenvalue weighted by molar-refractivity contribution is -0.192. The van der Waals surface area contributed by atoms with E-state index in [0.29, 0.717) is 0 Å². The Morgan fingerprint density at radius 2 is 1.84 bits per heavy atom. The first kappa shape index (κ1) is 23.0. The van der Waals surface area contributed by atoms with Gasteiger partial charge in [0, 0.05) is 44.0 Å². The second kappa shape index (κ2) is 9.21. The highest BCUT2D eigenvalue weighted by molar-refractivity contribution is 7.12. The number of anilines is 1. The number of hydrogen-bond donors (Lipinski definition) is 1. The number of rotatable bonds is 2. The second-order valence-electron chi connectivity index (χ2n) is 7.84. The van der Waals surface area contributed by atoms with Crippen LogP contribution in [0.2, 0.25) is 0 Å². The van der Waals surface area contributed by atoms with Crippen molar-refractivity contribution >= 4 is 29.2 Å². The van der Waals surface area contributed by atoms with Gasteiger partial charge in [-0.15, -0.1) is 11.3 Å². The third-order valence-electron chi connectivity index (χ3n) is 5.41. The molecule has 4 rings (SSSR count). The van der Waals surface area contributed by atoms with Crippen LogP contribution in [0.15, 0.2) is 29.9 Å². The quantitative estimate of drug-likeness (QED) is 0.743. The highest BCUT2D eigenvalue weighted by atomic mass is 32.1. The number of halogens is 3. The minimum atomic E-state index is -5.08. The summed E-state index contributed by atoms with van der Waals surface area (Å²) in [5, 5.41) is 9.10. The zero-order valence-electron chi connectivity index (χ0n) is 16.9. The average molecular weight is 456 g/mol. The standard InChI is InChI=1S/C18H22N4OS.C2HF3O2/c1-14-10-19-17(20-11-14)22-8-6-18(13-22)5-3-7-21(12-18)16(23)15-4-2-9-24-15;3-2(4,5)1(6)7/h2,4,9-11H,3,5-8,12-13H2,1H3;(H,6,7). The minimum absolute atomic E-state index is 0.189. The Balaban J connectivity index is 0.000000339. The van der Waals surface area contributed by atoms with Crippen LogP contribution in [0.3, 0.4) is 0 Å². The van der Waals surface area contributed by atoms with Crippen LogP contribution in [0.5, 0.6) is 0 Å². The van der Waals surface area contributed by atoms with Gasteiger partial charge >= 0.3 is 12.1 Å². The van der Waals surface area contributed by atoms with Gasteiger partial charge in [0.05, 0.1) is 4.88 Å². The van der Waals surface area contributed by atoms with Gasteiger partial charge in [0.2, 0.25) is 5.95 Å². The molecule has 2 saturated heterocycles. The highest BCUT2D eigenvalue weighted by Crippen LogP contribution is 2.40. The van der Waals surface area contributed by atoms with Crippen molar-refractivity contribution < 1.29 is 27.9 Å². The summed E-state index contributed by atoms with van der Waals surface area (Å²) in [6.45, 7) is 5.66. The van der Waals surface area contributed by atoms with Crippen LogP contribution in [0.4, 0.5) is 19.1 Å². The van der Waals surface area contributed by atoms with Crippen molar-refractivity contribution in [2.75, 3.05) is 31.1 Å². The fraction of sp³-hybridized carbons (Fsp3) is 0.500. The Morgan fingerprint density at radius 3 is 2.42 bits per heavy atom. The molecule has 1 unspecified atom stereocenters. The number of carboxylic acids is 1. The molecular weight excluding hydrogens is 433 g/mol. The van der Waals surface area contributed by atoms with Crippen LogP contribution in [-0.2, 0) is 4.79 Å². The van der Waals surface area contributed by atoms with Crippen LogP contribution in [0.1, 0.15) is 34.5 Å². The molecule has 1 spiro atoms. The van der Waals surface area contributed by atoms with E-state index >= 15 is 0 Å². The SMILES string of the molecule is Cc1cnc(N2CCC3(CCCN(C(=O)c4cccs4)C3)C2)nc1.O=C(O)C(F)(F)F. The Labute approximate surface area is 181 Å².